The van der Waals surface area contributed by atoms with Crippen LogP contribution in [-0.2, 0) is 0 Å². The van der Waals surface area contributed by atoms with E-state index in [1.54, 1.807) is 0 Å². The molecular formula is C15H11F3N4O. The first-order valence-corrected chi connectivity index (χ1v) is 6.40. The predicted octanol–water partition coefficient (Wildman–Crippen LogP) is 2.57. The first-order chi connectivity index (χ1) is 10.8. The van der Waals surface area contributed by atoms with Gasteiger partial charge in [0.15, 0.2) is 6.04 Å². The fourth-order valence-electron chi connectivity index (χ4n) is 1.91. The Morgan fingerprint density at radius 1 is 1.26 bits per heavy atom. The number of nitriles is 1. The van der Waals surface area contributed by atoms with E-state index in [-0.39, 0.29) is 22.5 Å². The van der Waals surface area contributed by atoms with E-state index in [4.69, 9.17) is 11.0 Å². The first kappa shape index (κ1) is 16.3. The molecule has 0 aliphatic rings. The number of pyridine rings is 1. The van der Waals surface area contributed by atoms with Crippen molar-refractivity contribution in [2.24, 2.45) is 0 Å². The van der Waals surface area contributed by atoms with Crippen molar-refractivity contribution >= 4 is 11.7 Å². The highest BCUT2D eigenvalue weighted by molar-refractivity contribution is 5.95. The molecule has 1 amide bonds. The maximum atomic E-state index is 13.2. The molecule has 1 unspecified atom stereocenters. The second-order valence-electron chi connectivity index (χ2n) is 4.65. The number of aromatic nitrogens is 1. The van der Waals surface area contributed by atoms with E-state index < -0.39 is 18.1 Å². The summed E-state index contributed by atoms with van der Waals surface area (Å²) in [6, 6.07) is 6.87. The SMILES string of the molecule is N#Cc1ccc(C(NC(=O)c2ccnc(N)c2)C(F)(F)F)cc1. The Labute approximate surface area is 129 Å². The molecule has 1 heterocycles. The zero-order valence-electron chi connectivity index (χ0n) is 11.6. The smallest absolute Gasteiger partial charge is 0.384 e. The molecule has 118 valence electrons. The van der Waals surface area contributed by atoms with Crippen LogP contribution in [0.2, 0.25) is 0 Å². The summed E-state index contributed by atoms with van der Waals surface area (Å²) in [7, 11) is 0. The third kappa shape index (κ3) is 3.97. The van der Waals surface area contributed by atoms with Crippen LogP contribution in [0.4, 0.5) is 19.0 Å². The molecule has 2 aromatic rings. The number of amides is 1. The zero-order valence-corrected chi connectivity index (χ0v) is 11.6. The number of nitrogens with zero attached hydrogens (tertiary/aromatic N) is 2. The zero-order chi connectivity index (χ0) is 17.0. The molecular weight excluding hydrogens is 309 g/mol. The molecule has 8 heteroatoms. The Bertz CT molecular complexity index is 751. The summed E-state index contributed by atoms with van der Waals surface area (Å²) >= 11 is 0. The number of carbonyl (C=O) groups is 1. The molecule has 1 aromatic heterocycles. The van der Waals surface area contributed by atoms with Gasteiger partial charge in [0, 0.05) is 11.8 Å². The van der Waals surface area contributed by atoms with E-state index in [2.05, 4.69) is 4.98 Å². The summed E-state index contributed by atoms with van der Waals surface area (Å²) in [4.78, 5) is 15.7. The highest BCUT2D eigenvalue weighted by Gasteiger charge is 2.42. The summed E-state index contributed by atoms with van der Waals surface area (Å²) < 4.78 is 39.7. The molecule has 0 spiro atoms. The Balaban J connectivity index is 2.29. The standard InChI is InChI=1S/C15H11F3N4O/c16-15(17,18)13(10-3-1-9(8-19)2-4-10)22-14(23)11-5-6-21-12(20)7-11/h1-7,13H,(H2,20,21)(H,22,23). The number of alkyl halides is 3. The quantitative estimate of drug-likeness (QED) is 0.909. The normalized spacial score (nSPS) is 12.3. The van der Waals surface area contributed by atoms with Gasteiger partial charge in [-0.25, -0.2) is 4.98 Å². The van der Waals surface area contributed by atoms with Crippen LogP contribution in [0.25, 0.3) is 0 Å². The molecule has 0 aliphatic heterocycles. The maximum absolute atomic E-state index is 13.2. The van der Waals surface area contributed by atoms with Crippen LogP contribution in [-0.4, -0.2) is 17.1 Å². The van der Waals surface area contributed by atoms with Gasteiger partial charge >= 0.3 is 6.18 Å². The van der Waals surface area contributed by atoms with Crippen LogP contribution < -0.4 is 11.1 Å². The second kappa shape index (κ2) is 6.36. The van der Waals surface area contributed by atoms with Crippen molar-refractivity contribution in [2.75, 3.05) is 5.73 Å². The van der Waals surface area contributed by atoms with Gasteiger partial charge in [0.05, 0.1) is 11.6 Å². The van der Waals surface area contributed by atoms with Crippen molar-refractivity contribution in [3.63, 3.8) is 0 Å². The molecule has 0 radical (unpaired) electrons. The Kier molecular flexibility index (Phi) is 4.50. The highest BCUT2D eigenvalue weighted by atomic mass is 19.4. The molecule has 3 N–H and O–H groups in total. The van der Waals surface area contributed by atoms with E-state index in [0.717, 1.165) is 12.1 Å². The lowest BCUT2D eigenvalue weighted by molar-refractivity contribution is -0.155. The summed E-state index contributed by atoms with van der Waals surface area (Å²) in [5.41, 5.74) is 5.44. The molecule has 1 atom stereocenters. The van der Waals surface area contributed by atoms with Crippen molar-refractivity contribution in [1.82, 2.24) is 10.3 Å². The average molecular weight is 320 g/mol. The molecule has 0 aliphatic carbocycles. The minimum atomic E-state index is -4.69. The monoisotopic (exact) mass is 320 g/mol. The number of halogens is 3. The van der Waals surface area contributed by atoms with Crippen LogP contribution in [0.15, 0.2) is 42.6 Å². The topological polar surface area (TPSA) is 91.8 Å². The number of hydrogen-bond acceptors (Lipinski definition) is 4. The summed E-state index contributed by atoms with van der Waals surface area (Å²) in [5, 5.41) is 10.6. The molecule has 0 bridgehead atoms. The van der Waals surface area contributed by atoms with Gasteiger partial charge in [-0.15, -0.1) is 0 Å². The van der Waals surface area contributed by atoms with E-state index in [9.17, 15) is 18.0 Å². The van der Waals surface area contributed by atoms with Gasteiger partial charge < -0.3 is 11.1 Å². The summed E-state index contributed by atoms with van der Waals surface area (Å²) in [6.45, 7) is 0. The first-order valence-electron chi connectivity index (χ1n) is 6.40. The van der Waals surface area contributed by atoms with Gasteiger partial charge in [-0.05, 0) is 29.8 Å². The third-order valence-electron chi connectivity index (χ3n) is 3.02. The van der Waals surface area contributed by atoms with Gasteiger partial charge in [0.25, 0.3) is 5.91 Å². The molecule has 23 heavy (non-hydrogen) atoms. The van der Waals surface area contributed by atoms with Crippen LogP contribution in [0.1, 0.15) is 27.5 Å². The van der Waals surface area contributed by atoms with E-state index >= 15 is 0 Å². The van der Waals surface area contributed by atoms with Gasteiger partial charge in [0.2, 0.25) is 0 Å². The van der Waals surface area contributed by atoms with Crippen LogP contribution in [0.3, 0.4) is 0 Å². The fraction of sp³-hybridized carbons (Fsp3) is 0.133. The van der Waals surface area contributed by atoms with E-state index in [0.29, 0.717) is 0 Å². The van der Waals surface area contributed by atoms with Crippen LogP contribution in [0, 0.1) is 11.3 Å². The van der Waals surface area contributed by atoms with E-state index in [1.165, 1.54) is 30.5 Å². The molecule has 5 nitrogen and oxygen atoms in total. The van der Waals surface area contributed by atoms with Crippen molar-refractivity contribution < 1.29 is 18.0 Å². The summed E-state index contributed by atoms with van der Waals surface area (Å²) in [6.07, 6.45) is -3.46. The van der Waals surface area contributed by atoms with Crippen molar-refractivity contribution in [1.29, 1.82) is 5.26 Å². The third-order valence-corrected chi connectivity index (χ3v) is 3.02. The Morgan fingerprint density at radius 2 is 1.91 bits per heavy atom. The predicted molar refractivity (Wildman–Crippen MR) is 76.1 cm³/mol. The lowest BCUT2D eigenvalue weighted by atomic mass is 10.0. The van der Waals surface area contributed by atoms with Gasteiger partial charge in [-0.3, -0.25) is 4.79 Å². The Hall–Kier alpha value is -3.08. The molecule has 1 aromatic carbocycles. The minimum Gasteiger partial charge on any atom is -0.384 e. The molecule has 2 rings (SSSR count). The lowest BCUT2D eigenvalue weighted by Crippen LogP contribution is -2.38. The van der Waals surface area contributed by atoms with Crippen molar-refractivity contribution in [2.45, 2.75) is 12.2 Å². The molecule has 0 fully saturated rings. The van der Waals surface area contributed by atoms with Crippen LogP contribution >= 0.6 is 0 Å². The van der Waals surface area contributed by atoms with E-state index in [1.807, 2.05) is 11.4 Å². The number of nitrogens with two attached hydrogens (primary N) is 1. The Morgan fingerprint density at radius 3 is 2.43 bits per heavy atom. The lowest BCUT2D eigenvalue weighted by Gasteiger charge is -2.22. The van der Waals surface area contributed by atoms with Crippen molar-refractivity contribution in [3.8, 4) is 6.07 Å². The van der Waals surface area contributed by atoms with Crippen LogP contribution in [0.5, 0.6) is 0 Å². The number of rotatable bonds is 3. The molecule has 0 saturated carbocycles. The largest absolute Gasteiger partial charge is 0.412 e. The second-order valence-corrected chi connectivity index (χ2v) is 4.65. The van der Waals surface area contributed by atoms with Crippen molar-refractivity contribution in [3.05, 3.63) is 59.3 Å². The molecule has 0 saturated heterocycles. The number of hydrogen-bond donors (Lipinski definition) is 2. The summed E-state index contributed by atoms with van der Waals surface area (Å²) in [5.74, 6) is -0.898. The average Bonchev–Trinajstić information content (AvgIpc) is 2.51. The number of carbonyl (C=O) groups excluding carboxylic acids is 1. The highest BCUT2D eigenvalue weighted by Crippen LogP contribution is 2.33. The maximum Gasteiger partial charge on any atom is 0.412 e. The van der Waals surface area contributed by atoms with Gasteiger partial charge in [-0.1, -0.05) is 12.1 Å². The van der Waals surface area contributed by atoms with Gasteiger partial charge in [-0.2, -0.15) is 18.4 Å². The number of nitrogens with one attached hydrogen (secondary N) is 1. The van der Waals surface area contributed by atoms with Gasteiger partial charge in [0.1, 0.15) is 5.82 Å². The number of benzene rings is 1. The minimum absolute atomic E-state index is 0.0274. The number of anilines is 1. The number of nitrogen functional groups attached to an aromatic ring is 1. The fourth-order valence-corrected chi connectivity index (χ4v) is 1.91.